The van der Waals surface area contributed by atoms with Crippen LogP contribution in [0.3, 0.4) is 0 Å². The van der Waals surface area contributed by atoms with E-state index in [0.717, 1.165) is 25.7 Å². The number of amides is 1. The minimum absolute atomic E-state index is 0.0465. The summed E-state index contributed by atoms with van der Waals surface area (Å²) in [6.07, 6.45) is 6.81. The maximum atomic E-state index is 12.3. The minimum Gasteiger partial charge on any atom is -0.337 e. The van der Waals surface area contributed by atoms with Crippen LogP contribution in [-0.2, 0) is 4.79 Å². The molecule has 5 nitrogen and oxygen atoms in total. The second kappa shape index (κ2) is 6.76. The van der Waals surface area contributed by atoms with Gasteiger partial charge in [0, 0.05) is 6.04 Å². The van der Waals surface area contributed by atoms with Crippen LogP contribution in [0.2, 0.25) is 0 Å². The molecule has 2 aliphatic carbocycles. The fourth-order valence-electron chi connectivity index (χ4n) is 3.60. The van der Waals surface area contributed by atoms with Gasteiger partial charge in [0.2, 0.25) is 5.91 Å². The second-order valence-corrected chi connectivity index (χ2v) is 6.90. The average molecular weight is 292 g/mol. The summed E-state index contributed by atoms with van der Waals surface area (Å²) in [5.41, 5.74) is 5.17. The molecule has 5 heteroatoms. The van der Waals surface area contributed by atoms with Crippen LogP contribution >= 0.6 is 0 Å². The van der Waals surface area contributed by atoms with Crippen molar-refractivity contribution in [2.45, 2.75) is 57.0 Å². The molecule has 0 heterocycles. The third-order valence-electron chi connectivity index (χ3n) is 5.16. The van der Waals surface area contributed by atoms with Crippen molar-refractivity contribution >= 4 is 5.91 Å². The van der Waals surface area contributed by atoms with Gasteiger partial charge in [0.1, 0.15) is 5.54 Å². The Morgan fingerprint density at radius 1 is 1.38 bits per heavy atom. The Labute approximate surface area is 127 Å². The predicted octanol–water partition coefficient (Wildman–Crippen LogP) is 1.24. The number of nitrogens with zero attached hydrogens (tertiary/aromatic N) is 2. The smallest absolute Gasteiger partial charge is 0.235 e. The molecule has 2 rings (SSSR count). The van der Waals surface area contributed by atoms with E-state index in [4.69, 9.17) is 5.73 Å². The second-order valence-electron chi connectivity index (χ2n) is 6.90. The molecular formula is C16H28N4O. The zero-order valence-electron chi connectivity index (χ0n) is 13.3. The van der Waals surface area contributed by atoms with Crippen molar-refractivity contribution < 1.29 is 4.79 Å². The summed E-state index contributed by atoms with van der Waals surface area (Å²) in [6.45, 7) is 2.88. The highest BCUT2D eigenvalue weighted by Crippen LogP contribution is 2.39. The Hall–Kier alpha value is -1.12. The van der Waals surface area contributed by atoms with E-state index in [-0.39, 0.29) is 5.91 Å². The van der Waals surface area contributed by atoms with Gasteiger partial charge in [-0.05, 0) is 58.0 Å². The summed E-state index contributed by atoms with van der Waals surface area (Å²) >= 11 is 0. The average Bonchev–Trinajstić information content (AvgIpc) is 3.31. The first kappa shape index (κ1) is 16.3. The Morgan fingerprint density at radius 3 is 2.62 bits per heavy atom. The number of hydrogen-bond acceptors (Lipinski definition) is 4. The van der Waals surface area contributed by atoms with Crippen LogP contribution in [0.1, 0.15) is 45.4 Å². The highest BCUT2D eigenvalue weighted by molar-refractivity contribution is 5.79. The standard InChI is InChI=1S/C16H28N4O/c1-16(11-18,13-7-8-13)19-15(21)10-20(2)14-6-4-3-5-12(14)9-17/h12-14H,3-10,17H2,1-2H3,(H,19,21). The number of nitrogens with one attached hydrogen (secondary N) is 1. The van der Waals surface area contributed by atoms with Crippen molar-refractivity contribution in [3.8, 4) is 6.07 Å². The Morgan fingerprint density at radius 2 is 2.05 bits per heavy atom. The van der Waals surface area contributed by atoms with Crippen LogP contribution < -0.4 is 11.1 Å². The predicted molar refractivity (Wildman–Crippen MR) is 82.3 cm³/mol. The summed E-state index contributed by atoms with van der Waals surface area (Å²) in [7, 11) is 2.00. The first-order chi connectivity index (χ1) is 10.00. The van der Waals surface area contributed by atoms with E-state index in [1.165, 1.54) is 12.8 Å². The monoisotopic (exact) mass is 292 g/mol. The third kappa shape index (κ3) is 3.96. The van der Waals surface area contributed by atoms with Crippen molar-refractivity contribution in [1.82, 2.24) is 10.2 Å². The molecule has 2 aliphatic rings. The van der Waals surface area contributed by atoms with Gasteiger partial charge in [-0.1, -0.05) is 12.8 Å². The molecule has 3 atom stereocenters. The molecular weight excluding hydrogens is 264 g/mol. The largest absolute Gasteiger partial charge is 0.337 e. The fraction of sp³-hybridized carbons (Fsp3) is 0.875. The highest BCUT2D eigenvalue weighted by Gasteiger charge is 2.43. The molecule has 0 spiro atoms. The Kier molecular flexibility index (Phi) is 5.23. The number of carbonyl (C=O) groups is 1. The molecule has 0 bridgehead atoms. The highest BCUT2D eigenvalue weighted by atomic mass is 16.2. The molecule has 2 fully saturated rings. The van der Waals surface area contributed by atoms with Gasteiger partial charge in [0.25, 0.3) is 0 Å². The molecule has 3 unspecified atom stereocenters. The maximum Gasteiger partial charge on any atom is 0.235 e. The van der Waals surface area contributed by atoms with Crippen LogP contribution in [-0.4, -0.2) is 42.5 Å². The van der Waals surface area contributed by atoms with Gasteiger partial charge in [0.05, 0.1) is 12.6 Å². The van der Waals surface area contributed by atoms with Crippen LogP contribution in [0.5, 0.6) is 0 Å². The van der Waals surface area contributed by atoms with E-state index in [2.05, 4.69) is 16.3 Å². The summed E-state index contributed by atoms with van der Waals surface area (Å²) in [6, 6.07) is 2.67. The van der Waals surface area contributed by atoms with Crippen molar-refractivity contribution in [3.05, 3.63) is 0 Å². The van der Waals surface area contributed by atoms with Gasteiger partial charge in [-0.3, -0.25) is 9.69 Å². The van der Waals surface area contributed by atoms with Gasteiger partial charge in [-0.2, -0.15) is 5.26 Å². The topological polar surface area (TPSA) is 82.2 Å². The van der Waals surface area contributed by atoms with Crippen molar-refractivity contribution in [2.24, 2.45) is 17.6 Å². The summed E-state index contributed by atoms with van der Waals surface area (Å²) in [5, 5.41) is 12.2. The van der Waals surface area contributed by atoms with Gasteiger partial charge in [-0.15, -0.1) is 0 Å². The number of nitriles is 1. The molecule has 118 valence electrons. The molecule has 0 aliphatic heterocycles. The summed E-state index contributed by atoms with van der Waals surface area (Å²) in [5.74, 6) is 0.764. The zero-order valence-corrected chi connectivity index (χ0v) is 13.3. The molecule has 1 amide bonds. The van der Waals surface area contributed by atoms with Crippen molar-refractivity contribution in [3.63, 3.8) is 0 Å². The molecule has 0 saturated heterocycles. The number of rotatable bonds is 6. The van der Waals surface area contributed by atoms with Crippen LogP contribution in [0.4, 0.5) is 0 Å². The van der Waals surface area contributed by atoms with E-state index in [1.807, 2.05) is 14.0 Å². The number of carbonyl (C=O) groups excluding carboxylic acids is 1. The maximum absolute atomic E-state index is 12.3. The molecule has 0 aromatic heterocycles. The van der Waals surface area contributed by atoms with E-state index in [0.29, 0.717) is 31.0 Å². The van der Waals surface area contributed by atoms with Gasteiger partial charge in [-0.25, -0.2) is 0 Å². The molecule has 3 N–H and O–H groups in total. The normalized spacial score (nSPS) is 28.7. The first-order valence-electron chi connectivity index (χ1n) is 8.12. The number of likely N-dealkylation sites (N-methyl/N-ethyl adjacent to an activating group) is 1. The molecule has 0 aromatic carbocycles. The van der Waals surface area contributed by atoms with Crippen molar-refractivity contribution in [1.29, 1.82) is 5.26 Å². The van der Waals surface area contributed by atoms with Crippen molar-refractivity contribution in [2.75, 3.05) is 20.1 Å². The lowest BCUT2D eigenvalue weighted by Gasteiger charge is -2.37. The zero-order chi connectivity index (χ0) is 15.5. The van der Waals surface area contributed by atoms with Gasteiger partial charge in [0.15, 0.2) is 0 Å². The van der Waals surface area contributed by atoms with Gasteiger partial charge < -0.3 is 11.1 Å². The molecule has 0 aromatic rings. The van der Waals surface area contributed by atoms with Crippen LogP contribution in [0.15, 0.2) is 0 Å². The lowest BCUT2D eigenvalue weighted by molar-refractivity contribution is -0.124. The number of nitrogens with two attached hydrogens (primary N) is 1. The third-order valence-corrected chi connectivity index (χ3v) is 5.16. The van der Waals surface area contributed by atoms with E-state index < -0.39 is 5.54 Å². The fourth-order valence-corrected chi connectivity index (χ4v) is 3.60. The molecule has 0 radical (unpaired) electrons. The lowest BCUT2D eigenvalue weighted by Crippen LogP contribution is -2.52. The molecule has 2 saturated carbocycles. The molecule has 21 heavy (non-hydrogen) atoms. The van der Waals surface area contributed by atoms with Crippen LogP contribution in [0, 0.1) is 23.2 Å². The van der Waals surface area contributed by atoms with Crippen LogP contribution in [0.25, 0.3) is 0 Å². The quantitative estimate of drug-likeness (QED) is 0.772. The Balaban J connectivity index is 1.88. The van der Waals surface area contributed by atoms with Gasteiger partial charge >= 0.3 is 0 Å². The summed E-state index contributed by atoms with van der Waals surface area (Å²) < 4.78 is 0. The Bertz CT molecular complexity index is 415. The lowest BCUT2D eigenvalue weighted by atomic mass is 9.83. The summed E-state index contributed by atoms with van der Waals surface area (Å²) in [4.78, 5) is 14.4. The van der Waals surface area contributed by atoms with E-state index in [1.54, 1.807) is 0 Å². The minimum atomic E-state index is -0.697. The van der Waals surface area contributed by atoms with E-state index >= 15 is 0 Å². The SMILES string of the molecule is CN(CC(=O)NC(C)(C#N)C1CC1)C1CCCCC1CN. The number of hydrogen-bond donors (Lipinski definition) is 2. The first-order valence-corrected chi connectivity index (χ1v) is 8.12. The van der Waals surface area contributed by atoms with E-state index in [9.17, 15) is 10.1 Å².